The van der Waals surface area contributed by atoms with Gasteiger partial charge in [-0.05, 0) is 31.5 Å². The van der Waals surface area contributed by atoms with Crippen molar-refractivity contribution in [2.75, 3.05) is 16.4 Å². The van der Waals surface area contributed by atoms with E-state index in [-0.39, 0.29) is 5.91 Å². The number of carbonyl (C=O) groups excluding carboxylic acids is 1. The summed E-state index contributed by atoms with van der Waals surface area (Å²) in [5, 5.41) is 12.2. The molecule has 4 rings (SSSR count). The Morgan fingerprint density at radius 3 is 2.67 bits per heavy atom. The molecule has 0 fully saturated rings. The van der Waals surface area contributed by atoms with Crippen LogP contribution in [0.15, 0.2) is 71.0 Å². The van der Waals surface area contributed by atoms with Gasteiger partial charge in [0.1, 0.15) is 6.04 Å². The van der Waals surface area contributed by atoms with E-state index in [2.05, 4.69) is 22.5 Å². The third-order valence-corrected chi connectivity index (χ3v) is 6.13. The van der Waals surface area contributed by atoms with Crippen LogP contribution in [0.2, 0.25) is 5.02 Å². The van der Waals surface area contributed by atoms with Gasteiger partial charge >= 0.3 is 0 Å². The van der Waals surface area contributed by atoms with Crippen LogP contribution in [0.4, 0.5) is 11.6 Å². The molecule has 6 nitrogen and oxygen atoms in total. The summed E-state index contributed by atoms with van der Waals surface area (Å²) in [6, 6.07) is 16.4. The van der Waals surface area contributed by atoms with E-state index in [0.717, 1.165) is 29.1 Å². The zero-order valence-electron chi connectivity index (χ0n) is 16.7. The molecule has 30 heavy (non-hydrogen) atoms. The molecule has 1 atom stereocenters. The highest BCUT2D eigenvalue weighted by molar-refractivity contribution is 7.99. The molecule has 0 aliphatic carbocycles. The summed E-state index contributed by atoms with van der Waals surface area (Å²) in [6.07, 6.45) is 1.03. The van der Waals surface area contributed by atoms with E-state index in [9.17, 15) is 4.79 Å². The Hall–Kier alpha value is -2.77. The minimum Gasteiger partial charge on any atom is -0.328 e. The molecule has 0 saturated heterocycles. The number of allylic oxidation sites excluding steroid dienone is 1. The van der Waals surface area contributed by atoms with Gasteiger partial charge < -0.3 is 10.6 Å². The van der Waals surface area contributed by atoms with Crippen molar-refractivity contribution in [3.05, 3.63) is 76.5 Å². The molecule has 1 aromatic heterocycles. The normalized spacial score (nSPS) is 15.5. The Bertz CT molecular complexity index is 1100. The minimum absolute atomic E-state index is 0.208. The van der Waals surface area contributed by atoms with Crippen LogP contribution in [-0.4, -0.2) is 26.4 Å². The van der Waals surface area contributed by atoms with Crippen LogP contribution in [0, 0.1) is 0 Å². The van der Waals surface area contributed by atoms with Gasteiger partial charge in [-0.2, -0.15) is 4.98 Å². The number of halogens is 1. The van der Waals surface area contributed by atoms with E-state index >= 15 is 0 Å². The lowest BCUT2D eigenvalue weighted by atomic mass is 9.95. The number of rotatable bonds is 6. The Labute approximate surface area is 184 Å². The van der Waals surface area contributed by atoms with Crippen molar-refractivity contribution in [2.45, 2.75) is 31.5 Å². The number of aromatic nitrogens is 3. The molecular weight excluding hydrogens is 418 g/mol. The van der Waals surface area contributed by atoms with Gasteiger partial charge in [-0.1, -0.05) is 66.7 Å². The number of nitrogens with zero attached hydrogens (tertiary/aromatic N) is 3. The van der Waals surface area contributed by atoms with Gasteiger partial charge in [-0.15, -0.1) is 5.10 Å². The van der Waals surface area contributed by atoms with Gasteiger partial charge in [0.15, 0.2) is 0 Å². The summed E-state index contributed by atoms with van der Waals surface area (Å²) in [5.41, 5.74) is 2.80. The second-order valence-electron chi connectivity index (χ2n) is 6.92. The van der Waals surface area contributed by atoms with E-state index in [0.29, 0.717) is 21.7 Å². The van der Waals surface area contributed by atoms with Crippen molar-refractivity contribution >= 4 is 40.9 Å². The van der Waals surface area contributed by atoms with E-state index < -0.39 is 6.04 Å². The Morgan fingerprint density at radius 1 is 1.20 bits per heavy atom. The van der Waals surface area contributed by atoms with Crippen molar-refractivity contribution in [1.29, 1.82) is 0 Å². The van der Waals surface area contributed by atoms with Crippen LogP contribution in [-0.2, 0) is 4.79 Å². The number of amides is 1. The first-order chi connectivity index (χ1) is 14.6. The van der Waals surface area contributed by atoms with Crippen molar-refractivity contribution in [1.82, 2.24) is 14.8 Å². The first kappa shape index (κ1) is 20.5. The molecule has 154 valence electrons. The number of anilines is 2. The highest BCUT2D eigenvalue weighted by atomic mass is 35.5. The van der Waals surface area contributed by atoms with Gasteiger partial charge in [0, 0.05) is 27.7 Å². The Balaban J connectivity index is 1.78. The van der Waals surface area contributed by atoms with Crippen LogP contribution in [0.25, 0.3) is 0 Å². The minimum atomic E-state index is -0.484. The molecule has 0 bridgehead atoms. The lowest BCUT2D eigenvalue weighted by Gasteiger charge is -2.29. The second kappa shape index (κ2) is 8.93. The van der Waals surface area contributed by atoms with Crippen LogP contribution >= 0.6 is 23.4 Å². The van der Waals surface area contributed by atoms with E-state index in [1.807, 2.05) is 61.5 Å². The highest BCUT2D eigenvalue weighted by Gasteiger charge is 2.35. The fourth-order valence-corrected chi connectivity index (χ4v) is 4.31. The molecule has 1 amide bonds. The number of carbonyl (C=O) groups is 1. The maximum absolute atomic E-state index is 13.3. The summed E-state index contributed by atoms with van der Waals surface area (Å²) in [4.78, 5) is 18.0. The summed E-state index contributed by atoms with van der Waals surface area (Å²) in [7, 11) is 0. The summed E-state index contributed by atoms with van der Waals surface area (Å²) >= 11 is 8.14. The van der Waals surface area contributed by atoms with Gasteiger partial charge in [0.05, 0.1) is 5.57 Å². The topological polar surface area (TPSA) is 71.8 Å². The number of thioether (sulfide) groups is 1. The number of para-hydroxylation sites is 1. The van der Waals surface area contributed by atoms with Crippen molar-refractivity contribution in [3.63, 3.8) is 0 Å². The lowest BCUT2D eigenvalue weighted by molar-refractivity contribution is -0.113. The first-order valence-corrected chi connectivity index (χ1v) is 11.1. The Kier molecular flexibility index (Phi) is 6.11. The van der Waals surface area contributed by atoms with Crippen molar-refractivity contribution < 1.29 is 4.79 Å². The van der Waals surface area contributed by atoms with Crippen LogP contribution in [0.3, 0.4) is 0 Å². The van der Waals surface area contributed by atoms with Crippen LogP contribution in [0.5, 0.6) is 0 Å². The lowest BCUT2D eigenvalue weighted by Crippen LogP contribution is -2.31. The highest BCUT2D eigenvalue weighted by Crippen LogP contribution is 2.39. The van der Waals surface area contributed by atoms with E-state index in [1.54, 1.807) is 16.4 Å². The number of nitrogens with one attached hydrogen (secondary N) is 2. The predicted octanol–water partition coefficient (Wildman–Crippen LogP) is 5.36. The molecule has 0 radical (unpaired) electrons. The average molecular weight is 440 g/mol. The zero-order valence-corrected chi connectivity index (χ0v) is 18.3. The SMILES string of the molecule is CCCSc1nc2n(n1)C(c1ccccc1Cl)C(C(=O)Nc1ccccc1)=C(C)N2. The maximum atomic E-state index is 13.3. The second-order valence-corrected chi connectivity index (χ2v) is 8.39. The zero-order chi connectivity index (χ0) is 21.1. The average Bonchev–Trinajstić information content (AvgIpc) is 3.14. The van der Waals surface area contributed by atoms with Gasteiger partial charge in [0.2, 0.25) is 11.1 Å². The molecule has 1 aliphatic rings. The number of benzene rings is 2. The fraction of sp³-hybridized carbons (Fsp3) is 0.227. The standard InChI is InChI=1S/C22H22ClN5OS/c1-3-13-30-22-26-21-24-14(2)18(20(29)25-15-9-5-4-6-10-15)19(28(21)27-22)16-11-7-8-12-17(16)23/h4-12,19H,3,13H2,1-2H3,(H,25,29)(H,24,26,27). The number of hydrogen-bond donors (Lipinski definition) is 2. The number of fused-ring (bicyclic) bond motifs is 1. The molecule has 2 N–H and O–H groups in total. The van der Waals surface area contributed by atoms with Gasteiger partial charge in [0.25, 0.3) is 5.91 Å². The molecule has 0 saturated carbocycles. The maximum Gasteiger partial charge on any atom is 0.255 e. The third kappa shape index (κ3) is 4.08. The molecule has 1 aliphatic heterocycles. The van der Waals surface area contributed by atoms with E-state index in [4.69, 9.17) is 16.7 Å². The monoisotopic (exact) mass is 439 g/mol. The fourth-order valence-electron chi connectivity index (χ4n) is 3.38. The van der Waals surface area contributed by atoms with Gasteiger partial charge in [-0.3, -0.25) is 4.79 Å². The summed E-state index contributed by atoms with van der Waals surface area (Å²) < 4.78 is 1.76. The quantitative estimate of drug-likeness (QED) is 0.506. The largest absolute Gasteiger partial charge is 0.328 e. The third-order valence-electron chi connectivity index (χ3n) is 4.74. The van der Waals surface area contributed by atoms with Crippen LogP contribution in [0.1, 0.15) is 31.9 Å². The van der Waals surface area contributed by atoms with Crippen LogP contribution < -0.4 is 10.6 Å². The molecule has 0 spiro atoms. The molecular formula is C22H22ClN5OS. The molecule has 2 heterocycles. The summed E-state index contributed by atoms with van der Waals surface area (Å²) in [5.74, 6) is 1.32. The van der Waals surface area contributed by atoms with Crippen molar-refractivity contribution in [2.24, 2.45) is 0 Å². The molecule has 1 unspecified atom stereocenters. The molecule has 8 heteroatoms. The Morgan fingerprint density at radius 2 is 1.93 bits per heavy atom. The molecule has 3 aromatic rings. The molecule has 2 aromatic carbocycles. The van der Waals surface area contributed by atoms with Gasteiger partial charge in [-0.25, -0.2) is 4.68 Å². The number of hydrogen-bond acceptors (Lipinski definition) is 5. The predicted molar refractivity (Wildman–Crippen MR) is 122 cm³/mol. The first-order valence-electron chi connectivity index (χ1n) is 9.76. The van der Waals surface area contributed by atoms with Crippen molar-refractivity contribution in [3.8, 4) is 0 Å². The smallest absolute Gasteiger partial charge is 0.255 e. The summed E-state index contributed by atoms with van der Waals surface area (Å²) in [6.45, 7) is 3.99. The van der Waals surface area contributed by atoms with E-state index in [1.165, 1.54) is 0 Å².